The van der Waals surface area contributed by atoms with Gasteiger partial charge in [0.2, 0.25) is 5.91 Å². The van der Waals surface area contributed by atoms with Gasteiger partial charge in [0.15, 0.2) is 6.10 Å². The van der Waals surface area contributed by atoms with Crippen molar-refractivity contribution in [2.75, 3.05) is 10.6 Å². The van der Waals surface area contributed by atoms with Gasteiger partial charge >= 0.3 is 5.97 Å². The molecule has 0 aliphatic heterocycles. The maximum absolute atomic E-state index is 13.1. The number of benzene rings is 1. The monoisotopic (exact) mass is 418 g/mol. The van der Waals surface area contributed by atoms with Crippen LogP contribution in [-0.2, 0) is 19.1 Å². The van der Waals surface area contributed by atoms with Crippen LogP contribution in [0.2, 0.25) is 0 Å². The molecule has 156 valence electrons. The Bertz CT molecular complexity index is 824. The zero-order valence-electron chi connectivity index (χ0n) is 16.8. The molecule has 4 aliphatic carbocycles. The number of esters is 1. The van der Waals surface area contributed by atoms with E-state index in [4.69, 9.17) is 16.3 Å². The predicted octanol–water partition coefficient (Wildman–Crippen LogP) is 4.09. The van der Waals surface area contributed by atoms with Crippen LogP contribution in [-0.4, -0.2) is 28.8 Å². The van der Waals surface area contributed by atoms with E-state index in [0.29, 0.717) is 29.6 Å². The Labute approximate surface area is 175 Å². The van der Waals surface area contributed by atoms with E-state index in [1.807, 2.05) is 0 Å². The molecule has 0 aromatic heterocycles. The number of hydrogen-bond donors (Lipinski definition) is 2. The maximum atomic E-state index is 13.1. The van der Waals surface area contributed by atoms with Crippen LogP contribution in [0.15, 0.2) is 24.3 Å². The first-order chi connectivity index (χ1) is 13.7. The van der Waals surface area contributed by atoms with Gasteiger partial charge in [0.05, 0.1) is 5.41 Å². The van der Waals surface area contributed by atoms with E-state index in [2.05, 4.69) is 10.6 Å². The smallest absolute Gasteiger partial charge is 0.312 e. The number of halogens is 1. The number of rotatable bonds is 5. The summed E-state index contributed by atoms with van der Waals surface area (Å²) in [5, 5.41) is 5.42. The first kappa shape index (κ1) is 20.2. The van der Waals surface area contributed by atoms with Gasteiger partial charge in [-0.3, -0.25) is 14.4 Å². The number of amides is 2. The minimum atomic E-state index is -0.892. The molecule has 0 spiro atoms. The summed E-state index contributed by atoms with van der Waals surface area (Å²) >= 11 is 6.80. The first-order valence-corrected chi connectivity index (χ1v) is 10.6. The number of hydrogen-bond acceptors (Lipinski definition) is 4. The van der Waals surface area contributed by atoms with Gasteiger partial charge in [0.25, 0.3) is 5.91 Å². The lowest BCUT2D eigenvalue weighted by Crippen LogP contribution is -2.57. The summed E-state index contributed by atoms with van der Waals surface area (Å²) in [4.78, 5) is 36.4. The molecule has 1 aromatic carbocycles. The van der Waals surface area contributed by atoms with Crippen molar-refractivity contribution < 1.29 is 19.1 Å². The fraction of sp³-hybridized carbons (Fsp3) is 0.591. The van der Waals surface area contributed by atoms with Gasteiger partial charge in [0.1, 0.15) is 0 Å². The van der Waals surface area contributed by atoms with E-state index in [9.17, 15) is 14.4 Å². The van der Waals surface area contributed by atoms with Crippen LogP contribution in [0.4, 0.5) is 11.4 Å². The van der Waals surface area contributed by atoms with E-state index in [1.165, 1.54) is 6.92 Å². The third-order valence-corrected chi connectivity index (χ3v) is 6.99. The fourth-order valence-electron chi connectivity index (χ4n) is 5.81. The summed E-state index contributed by atoms with van der Waals surface area (Å²) in [6.45, 7) is 3.03. The molecule has 2 amide bonds. The summed E-state index contributed by atoms with van der Waals surface area (Å²) in [7, 11) is 0. The van der Waals surface area contributed by atoms with E-state index < -0.39 is 11.5 Å². The molecular formula is C22H27ClN2O4. The van der Waals surface area contributed by atoms with Crippen LogP contribution in [0.1, 0.15) is 52.4 Å². The molecule has 0 radical (unpaired) electrons. The molecule has 6 nitrogen and oxygen atoms in total. The number of carbonyl (C=O) groups excluding carboxylic acids is 3. The molecule has 0 saturated heterocycles. The van der Waals surface area contributed by atoms with Gasteiger partial charge < -0.3 is 15.4 Å². The highest BCUT2D eigenvalue weighted by Gasteiger charge is 2.61. The second kappa shape index (κ2) is 7.31. The zero-order valence-corrected chi connectivity index (χ0v) is 17.6. The molecule has 4 aliphatic rings. The van der Waals surface area contributed by atoms with Crippen LogP contribution < -0.4 is 10.6 Å². The Morgan fingerprint density at radius 2 is 1.59 bits per heavy atom. The average molecular weight is 419 g/mol. The predicted molar refractivity (Wildman–Crippen MR) is 111 cm³/mol. The van der Waals surface area contributed by atoms with E-state index in [0.717, 1.165) is 32.1 Å². The van der Waals surface area contributed by atoms with Crippen molar-refractivity contribution in [3.63, 3.8) is 0 Å². The molecule has 1 aromatic rings. The Morgan fingerprint density at radius 1 is 1.03 bits per heavy atom. The van der Waals surface area contributed by atoms with Crippen LogP contribution in [0.3, 0.4) is 0 Å². The largest absolute Gasteiger partial charge is 0.452 e. The second-order valence-electron chi connectivity index (χ2n) is 9.19. The number of alkyl halides is 1. The number of nitrogens with one attached hydrogen (secondary N) is 2. The molecule has 4 saturated carbocycles. The normalized spacial score (nSPS) is 33.1. The van der Waals surface area contributed by atoms with Crippen molar-refractivity contribution in [2.45, 2.75) is 63.4 Å². The molecule has 7 heteroatoms. The van der Waals surface area contributed by atoms with Crippen LogP contribution in [0, 0.1) is 17.3 Å². The van der Waals surface area contributed by atoms with Crippen LogP contribution in [0.25, 0.3) is 0 Å². The van der Waals surface area contributed by atoms with Gasteiger partial charge in [-0.25, -0.2) is 0 Å². The lowest BCUT2D eigenvalue weighted by molar-refractivity contribution is -0.176. The lowest BCUT2D eigenvalue weighted by atomic mass is 9.49. The van der Waals surface area contributed by atoms with Crippen molar-refractivity contribution in [3.8, 4) is 0 Å². The minimum absolute atomic E-state index is 0.161. The Hall–Kier alpha value is -2.08. The highest BCUT2D eigenvalue weighted by atomic mass is 35.5. The number of carbonyl (C=O) groups is 3. The molecule has 4 fully saturated rings. The van der Waals surface area contributed by atoms with Gasteiger partial charge in [-0.05, 0) is 81.5 Å². The Morgan fingerprint density at radius 3 is 2.10 bits per heavy atom. The highest BCUT2D eigenvalue weighted by molar-refractivity contribution is 6.24. The molecule has 3 atom stereocenters. The number of ether oxygens (including phenoxy) is 1. The SMILES string of the molecule is CC(=O)Nc1ccc(NC(=O)[C@@H](C)OC(=O)C23C[C@H]4C[C@@H](CC(Cl)(C4)C2)C3)cc1. The van der Waals surface area contributed by atoms with Gasteiger partial charge in [-0.15, -0.1) is 11.6 Å². The fourth-order valence-corrected chi connectivity index (χ4v) is 6.50. The number of anilines is 2. The van der Waals surface area contributed by atoms with Gasteiger partial charge in [0, 0.05) is 23.2 Å². The van der Waals surface area contributed by atoms with Crippen LogP contribution in [0.5, 0.6) is 0 Å². The van der Waals surface area contributed by atoms with E-state index in [1.54, 1.807) is 31.2 Å². The van der Waals surface area contributed by atoms with Crippen molar-refractivity contribution in [1.82, 2.24) is 0 Å². The van der Waals surface area contributed by atoms with Crippen molar-refractivity contribution in [2.24, 2.45) is 17.3 Å². The molecule has 5 rings (SSSR count). The molecule has 0 heterocycles. The molecular weight excluding hydrogens is 392 g/mol. The third kappa shape index (κ3) is 4.13. The molecule has 2 N–H and O–H groups in total. The summed E-state index contributed by atoms with van der Waals surface area (Å²) in [5.41, 5.74) is 0.689. The first-order valence-electron chi connectivity index (χ1n) is 10.2. The standard InChI is InChI=1S/C22H27ClN2O4/c1-13(19(27)25-18-5-3-17(4-6-18)24-14(2)26)29-20(28)21-8-15-7-16(9-21)11-22(23,10-15)12-21/h3-6,13,15-16H,7-12H2,1-2H3,(H,24,26)(H,25,27)/t13-,15-,16-,21?,22?/m1/s1. The topological polar surface area (TPSA) is 84.5 Å². The van der Waals surface area contributed by atoms with Crippen molar-refractivity contribution in [3.05, 3.63) is 24.3 Å². The summed E-state index contributed by atoms with van der Waals surface area (Å²) in [6, 6.07) is 6.77. The van der Waals surface area contributed by atoms with Crippen molar-refractivity contribution >= 4 is 40.8 Å². The summed E-state index contributed by atoms with van der Waals surface area (Å²) in [6.07, 6.45) is 4.57. The highest BCUT2D eigenvalue weighted by Crippen LogP contribution is 2.64. The van der Waals surface area contributed by atoms with E-state index in [-0.39, 0.29) is 22.7 Å². The lowest BCUT2D eigenvalue weighted by Gasteiger charge is -2.58. The summed E-state index contributed by atoms with van der Waals surface area (Å²) in [5.74, 6) is 0.169. The molecule has 0 unspecified atom stereocenters. The Balaban J connectivity index is 1.36. The average Bonchev–Trinajstić information content (AvgIpc) is 2.60. The van der Waals surface area contributed by atoms with Crippen molar-refractivity contribution in [1.29, 1.82) is 0 Å². The maximum Gasteiger partial charge on any atom is 0.312 e. The van der Waals surface area contributed by atoms with Gasteiger partial charge in [-0.2, -0.15) is 0 Å². The zero-order chi connectivity index (χ0) is 20.8. The quantitative estimate of drug-likeness (QED) is 0.557. The van der Waals surface area contributed by atoms with Gasteiger partial charge in [-0.1, -0.05) is 0 Å². The molecule has 29 heavy (non-hydrogen) atoms. The van der Waals surface area contributed by atoms with E-state index >= 15 is 0 Å². The minimum Gasteiger partial charge on any atom is -0.452 e. The Kier molecular flexibility index (Phi) is 5.09. The van der Waals surface area contributed by atoms with Crippen LogP contribution >= 0.6 is 11.6 Å². The summed E-state index contributed by atoms with van der Waals surface area (Å²) < 4.78 is 5.62. The second-order valence-corrected chi connectivity index (χ2v) is 9.99. The third-order valence-electron chi connectivity index (χ3n) is 6.55. The molecule has 4 bridgehead atoms.